The second kappa shape index (κ2) is 5.87. The number of thiophene rings is 1. The summed E-state index contributed by atoms with van der Waals surface area (Å²) in [5.74, 6) is -0.789. The van der Waals surface area contributed by atoms with Crippen LogP contribution < -0.4 is 5.32 Å². The monoisotopic (exact) mass is 293 g/mol. The third-order valence-corrected chi connectivity index (χ3v) is 3.56. The highest BCUT2D eigenvalue weighted by Crippen LogP contribution is 2.24. The number of hydrogen-bond donors (Lipinski definition) is 1. The van der Waals surface area contributed by atoms with Gasteiger partial charge in [0.25, 0.3) is 5.91 Å². The molecule has 0 aliphatic rings. The Bertz CT molecular complexity index is 626. The van der Waals surface area contributed by atoms with Crippen molar-refractivity contribution in [2.75, 3.05) is 11.9 Å². The van der Waals surface area contributed by atoms with Gasteiger partial charge >= 0.3 is 5.97 Å². The van der Waals surface area contributed by atoms with Gasteiger partial charge < -0.3 is 10.1 Å². The van der Waals surface area contributed by atoms with Crippen molar-refractivity contribution in [2.45, 2.75) is 13.8 Å². The Labute approximate surface area is 120 Å². The van der Waals surface area contributed by atoms with Crippen molar-refractivity contribution in [3.63, 3.8) is 0 Å². The van der Waals surface area contributed by atoms with E-state index >= 15 is 0 Å². The number of nitrogens with one attached hydrogen (secondary N) is 1. The Hall–Kier alpha value is -2.15. The Morgan fingerprint density at radius 3 is 2.85 bits per heavy atom. The molecule has 0 aromatic carbocycles. The Kier molecular flexibility index (Phi) is 4.19. The van der Waals surface area contributed by atoms with Gasteiger partial charge in [-0.1, -0.05) is 0 Å². The van der Waals surface area contributed by atoms with Gasteiger partial charge in [-0.05, 0) is 31.4 Å². The molecule has 1 N–H and O–H groups in total. The lowest BCUT2D eigenvalue weighted by atomic mass is 10.3. The number of hydrogen-bond acceptors (Lipinski definition) is 5. The molecule has 0 saturated carbocycles. The van der Waals surface area contributed by atoms with Crippen molar-refractivity contribution in [2.24, 2.45) is 7.05 Å². The maximum Gasteiger partial charge on any atom is 0.341 e. The summed E-state index contributed by atoms with van der Waals surface area (Å²) in [6, 6.07) is 3.31. The third-order valence-electron chi connectivity index (χ3n) is 2.73. The zero-order chi connectivity index (χ0) is 14.7. The molecule has 106 valence electrons. The molecule has 20 heavy (non-hydrogen) atoms. The molecular weight excluding hydrogens is 278 g/mol. The van der Waals surface area contributed by atoms with E-state index in [0.717, 1.165) is 5.69 Å². The van der Waals surface area contributed by atoms with Crippen molar-refractivity contribution in [3.8, 4) is 0 Å². The number of nitrogens with zero attached hydrogens (tertiary/aromatic N) is 2. The van der Waals surface area contributed by atoms with Gasteiger partial charge in [0.1, 0.15) is 5.00 Å². The fourth-order valence-corrected chi connectivity index (χ4v) is 2.38. The topological polar surface area (TPSA) is 73.2 Å². The molecule has 0 atom stereocenters. The molecular formula is C13H15N3O3S. The largest absolute Gasteiger partial charge is 0.462 e. The van der Waals surface area contributed by atoms with Gasteiger partial charge in [-0.3, -0.25) is 9.48 Å². The Morgan fingerprint density at radius 1 is 1.50 bits per heavy atom. The Balaban J connectivity index is 2.16. The summed E-state index contributed by atoms with van der Waals surface area (Å²) in [7, 11) is 1.77. The predicted octanol–water partition coefficient (Wildman–Crippen LogP) is 2.22. The molecule has 0 fully saturated rings. The number of esters is 1. The number of carbonyl (C=O) groups is 2. The maximum absolute atomic E-state index is 12.1. The van der Waals surface area contributed by atoms with Crippen LogP contribution in [-0.4, -0.2) is 28.3 Å². The van der Waals surface area contributed by atoms with Crippen molar-refractivity contribution in [1.82, 2.24) is 9.78 Å². The van der Waals surface area contributed by atoms with Gasteiger partial charge in [0, 0.05) is 12.7 Å². The predicted molar refractivity (Wildman–Crippen MR) is 76.2 cm³/mol. The first kappa shape index (κ1) is 14.3. The van der Waals surface area contributed by atoms with Crippen LogP contribution in [0, 0.1) is 6.92 Å². The minimum atomic E-state index is -0.443. The molecule has 0 radical (unpaired) electrons. The van der Waals surface area contributed by atoms with Gasteiger partial charge in [-0.25, -0.2) is 4.79 Å². The van der Waals surface area contributed by atoms with E-state index in [1.54, 1.807) is 36.2 Å². The maximum atomic E-state index is 12.1. The van der Waals surface area contributed by atoms with Crippen LogP contribution in [0.3, 0.4) is 0 Å². The second-order valence-corrected chi connectivity index (χ2v) is 5.05. The van der Waals surface area contributed by atoms with E-state index in [9.17, 15) is 9.59 Å². The minimum Gasteiger partial charge on any atom is -0.462 e. The summed E-state index contributed by atoms with van der Waals surface area (Å²) in [5.41, 5.74) is 1.55. The molecule has 7 heteroatoms. The molecule has 0 aliphatic carbocycles. The number of aromatic nitrogens is 2. The molecule has 2 aromatic rings. The quantitative estimate of drug-likeness (QED) is 0.877. The molecule has 2 rings (SSSR count). The van der Waals surface area contributed by atoms with Crippen LogP contribution in [0.5, 0.6) is 0 Å². The van der Waals surface area contributed by atoms with Crippen LogP contribution in [0.25, 0.3) is 0 Å². The fraction of sp³-hybridized carbons (Fsp3) is 0.308. The summed E-state index contributed by atoms with van der Waals surface area (Å²) < 4.78 is 6.55. The van der Waals surface area contributed by atoms with Crippen molar-refractivity contribution in [3.05, 3.63) is 34.5 Å². The average Bonchev–Trinajstić information content (AvgIpc) is 2.98. The first-order valence-electron chi connectivity index (χ1n) is 6.09. The number of rotatable bonds is 4. The van der Waals surface area contributed by atoms with Crippen LogP contribution in [-0.2, 0) is 11.8 Å². The minimum absolute atomic E-state index is 0.293. The van der Waals surface area contributed by atoms with Gasteiger partial charge in [0.2, 0.25) is 0 Å². The zero-order valence-corrected chi connectivity index (χ0v) is 12.3. The second-order valence-electron chi connectivity index (χ2n) is 4.13. The lowest BCUT2D eigenvalue weighted by Crippen LogP contribution is -2.15. The molecule has 1 amide bonds. The molecule has 0 bridgehead atoms. The van der Waals surface area contributed by atoms with Gasteiger partial charge in [0.05, 0.1) is 12.2 Å². The molecule has 0 spiro atoms. The summed E-state index contributed by atoms with van der Waals surface area (Å²) >= 11 is 1.27. The first-order valence-corrected chi connectivity index (χ1v) is 6.97. The highest BCUT2D eigenvalue weighted by Gasteiger charge is 2.18. The molecule has 0 aliphatic heterocycles. The van der Waals surface area contributed by atoms with Crippen LogP contribution in [0.1, 0.15) is 33.5 Å². The highest BCUT2D eigenvalue weighted by atomic mass is 32.1. The number of anilines is 1. The average molecular weight is 293 g/mol. The van der Waals surface area contributed by atoms with Crippen LogP contribution in [0.2, 0.25) is 0 Å². The van der Waals surface area contributed by atoms with Crippen molar-refractivity contribution < 1.29 is 14.3 Å². The number of carbonyl (C=O) groups excluding carboxylic acids is 2. The zero-order valence-electron chi connectivity index (χ0n) is 11.5. The van der Waals surface area contributed by atoms with E-state index in [4.69, 9.17) is 4.74 Å². The van der Waals surface area contributed by atoms with E-state index < -0.39 is 5.97 Å². The van der Waals surface area contributed by atoms with E-state index in [1.165, 1.54) is 11.3 Å². The van der Waals surface area contributed by atoms with Gasteiger partial charge in [-0.15, -0.1) is 11.3 Å². The third kappa shape index (κ3) is 2.88. The number of amides is 1. The molecule has 2 heterocycles. The van der Waals surface area contributed by atoms with E-state index in [1.807, 2.05) is 6.92 Å². The Morgan fingerprint density at radius 2 is 2.25 bits per heavy atom. The lowest BCUT2D eigenvalue weighted by Gasteiger charge is -2.04. The van der Waals surface area contributed by atoms with E-state index in [2.05, 4.69) is 10.4 Å². The smallest absolute Gasteiger partial charge is 0.341 e. The van der Waals surface area contributed by atoms with Crippen LogP contribution in [0.4, 0.5) is 5.00 Å². The SMILES string of the molecule is CCOC(=O)c1ccsc1NC(=O)c1cc(C)n(C)n1. The van der Waals surface area contributed by atoms with Crippen LogP contribution >= 0.6 is 11.3 Å². The van der Waals surface area contributed by atoms with Crippen molar-refractivity contribution in [1.29, 1.82) is 0 Å². The van der Waals surface area contributed by atoms with Crippen molar-refractivity contribution >= 4 is 28.2 Å². The number of aryl methyl sites for hydroxylation is 2. The first-order chi connectivity index (χ1) is 9.52. The molecule has 0 unspecified atom stereocenters. The molecule has 6 nitrogen and oxygen atoms in total. The summed E-state index contributed by atoms with van der Waals surface area (Å²) in [6.45, 7) is 3.89. The van der Waals surface area contributed by atoms with E-state index in [-0.39, 0.29) is 5.91 Å². The summed E-state index contributed by atoms with van der Waals surface area (Å²) in [4.78, 5) is 23.8. The highest BCUT2D eigenvalue weighted by molar-refractivity contribution is 7.14. The van der Waals surface area contributed by atoms with Gasteiger partial charge in [0.15, 0.2) is 5.69 Å². The van der Waals surface area contributed by atoms with E-state index in [0.29, 0.717) is 22.9 Å². The number of ether oxygens (including phenoxy) is 1. The fourth-order valence-electron chi connectivity index (χ4n) is 1.61. The molecule has 2 aromatic heterocycles. The standard InChI is InChI=1S/C13H15N3O3S/c1-4-19-13(18)9-5-6-20-12(9)14-11(17)10-7-8(2)16(3)15-10/h5-7H,4H2,1-3H3,(H,14,17). The lowest BCUT2D eigenvalue weighted by molar-refractivity contribution is 0.0528. The molecule has 0 saturated heterocycles. The normalized spacial score (nSPS) is 10.3. The van der Waals surface area contributed by atoms with Gasteiger partial charge in [-0.2, -0.15) is 5.10 Å². The summed E-state index contributed by atoms with van der Waals surface area (Å²) in [6.07, 6.45) is 0. The summed E-state index contributed by atoms with van der Waals surface area (Å²) in [5, 5.41) is 8.98. The van der Waals surface area contributed by atoms with Crippen LogP contribution in [0.15, 0.2) is 17.5 Å².